The first-order valence-electron chi connectivity index (χ1n) is 7.82. The molecule has 0 atom stereocenters. The van der Waals surface area contributed by atoms with Gasteiger partial charge in [-0.1, -0.05) is 23.7 Å². The maximum atomic E-state index is 12.6. The van der Waals surface area contributed by atoms with Gasteiger partial charge >= 0.3 is 6.61 Å². The van der Waals surface area contributed by atoms with Crippen molar-refractivity contribution in [1.29, 1.82) is 0 Å². The highest BCUT2D eigenvalue weighted by Crippen LogP contribution is 2.25. The monoisotopic (exact) mass is 511 g/mol. The molecule has 0 fully saturated rings. The average Bonchev–Trinajstić information content (AvgIpc) is 2.62. The molecular weight excluding hydrogens is 491 g/mol. The number of nitrogens with zero attached hydrogens (tertiary/aromatic N) is 1. The predicted molar refractivity (Wildman–Crippen MR) is 114 cm³/mol. The Morgan fingerprint density at radius 1 is 1.15 bits per heavy atom. The number of guanidine groups is 1. The minimum absolute atomic E-state index is 0. The van der Waals surface area contributed by atoms with Gasteiger partial charge in [0.05, 0.1) is 7.11 Å². The van der Waals surface area contributed by atoms with Gasteiger partial charge in [-0.15, -0.1) is 24.0 Å². The highest BCUT2D eigenvalue weighted by molar-refractivity contribution is 14.0. The van der Waals surface area contributed by atoms with E-state index in [1.807, 2.05) is 18.2 Å². The molecule has 2 rings (SSSR count). The van der Waals surface area contributed by atoms with Crippen LogP contribution in [0.15, 0.2) is 47.5 Å². The number of hydrogen-bond donors (Lipinski definition) is 2. The number of nitrogens with one attached hydrogen (secondary N) is 2. The van der Waals surface area contributed by atoms with E-state index in [0.717, 1.165) is 5.56 Å². The van der Waals surface area contributed by atoms with Gasteiger partial charge in [0.25, 0.3) is 0 Å². The normalized spacial score (nSPS) is 11.0. The third-order valence-electron chi connectivity index (χ3n) is 3.50. The molecule has 0 bridgehead atoms. The van der Waals surface area contributed by atoms with Gasteiger partial charge in [-0.3, -0.25) is 4.99 Å². The van der Waals surface area contributed by atoms with Crippen molar-refractivity contribution in [2.24, 2.45) is 4.99 Å². The molecule has 0 aliphatic rings. The third-order valence-corrected chi connectivity index (χ3v) is 3.74. The Balaban J connectivity index is 0.00000364. The van der Waals surface area contributed by atoms with E-state index >= 15 is 0 Å². The van der Waals surface area contributed by atoms with Crippen LogP contribution in [0.5, 0.6) is 11.5 Å². The Morgan fingerprint density at radius 2 is 1.89 bits per heavy atom. The maximum absolute atomic E-state index is 12.6. The lowest BCUT2D eigenvalue weighted by atomic mass is 10.2. The van der Waals surface area contributed by atoms with Crippen molar-refractivity contribution in [2.75, 3.05) is 14.2 Å². The topological polar surface area (TPSA) is 54.9 Å². The molecule has 0 saturated heterocycles. The van der Waals surface area contributed by atoms with Gasteiger partial charge in [0.1, 0.15) is 11.5 Å². The average molecular weight is 512 g/mol. The summed E-state index contributed by atoms with van der Waals surface area (Å²) in [7, 11) is 3.13. The Kier molecular flexibility index (Phi) is 10.2. The number of halogens is 4. The zero-order valence-electron chi connectivity index (χ0n) is 14.8. The van der Waals surface area contributed by atoms with Crippen LogP contribution in [-0.2, 0) is 13.1 Å². The zero-order valence-corrected chi connectivity index (χ0v) is 17.9. The number of hydrogen-bond acceptors (Lipinski definition) is 3. The fourth-order valence-electron chi connectivity index (χ4n) is 2.26. The summed E-state index contributed by atoms with van der Waals surface area (Å²) in [5, 5.41) is 6.84. The van der Waals surface area contributed by atoms with Crippen LogP contribution < -0.4 is 20.1 Å². The molecule has 0 aromatic heterocycles. The summed E-state index contributed by atoms with van der Waals surface area (Å²) in [4.78, 5) is 4.12. The predicted octanol–water partition coefficient (Wildman–Crippen LogP) is 4.43. The Hall–Kier alpha value is -1.81. The van der Waals surface area contributed by atoms with Crippen molar-refractivity contribution in [1.82, 2.24) is 10.6 Å². The second kappa shape index (κ2) is 11.8. The number of rotatable bonds is 7. The van der Waals surface area contributed by atoms with Crippen LogP contribution in [0.25, 0.3) is 0 Å². The van der Waals surface area contributed by atoms with E-state index in [4.69, 9.17) is 16.3 Å². The summed E-state index contributed by atoms with van der Waals surface area (Å²) in [5.74, 6) is 1.14. The largest absolute Gasteiger partial charge is 0.497 e. The molecular formula is C18H21ClF2IN3O2. The molecule has 2 N–H and O–H groups in total. The van der Waals surface area contributed by atoms with Crippen molar-refractivity contribution < 1.29 is 18.3 Å². The van der Waals surface area contributed by atoms with E-state index < -0.39 is 6.61 Å². The molecule has 0 amide bonds. The number of ether oxygens (including phenoxy) is 2. The van der Waals surface area contributed by atoms with Gasteiger partial charge in [-0.2, -0.15) is 8.78 Å². The summed E-state index contributed by atoms with van der Waals surface area (Å²) in [6.07, 6.45) is 0. The van der Waals surface area contributed by atoms with Crippen LogP contribution in [-0.4, -0.2) is 26.7 Å². The molecule has 0 radical (unpaired) electrons. The molecule has 0 aliphatic heterocycles. The van der Waals surface area contributed by atoms with E-state index in [9.17, 15) is 8.78 Å². The summed E-state index contributed by atoms with van der Waals surface area (Å²) in [6, 6.07) is 12.1. The highest BCUT2D eigenvalue weighted by Gasteiger charge is 2.11. The van der Waals surface area contributed by atoms with E-state index in [-0.39, 0.29) is 36.3 Å². The lowest BCUT2D eigenvalue weighted by Gasteiger charge is -2.15. The van der Waals surface area contributed by atoms with E-state index in [1.165, 1.54) is 13.2 Å². The fraction of sp³-hybridized carbons (Fsp3) is 0.278. The molecule has 148 valence electrons. The van der Waals surface area contributed by atoms with Crippen molar-refractivity contribution in [3.8, 4) is 11.5 Å². The van der Waals surface area contributed by atoms with Crippen LogP contribution in [0.3, 0.4) is 0 Å². The Labute approximate surface area is 179 Å². The fourth-order valence-corrected chi connectivity index (χ4v) is 2.48. The quantitative estimate of drug-likeness (QED) is 0.328. The summed E-state index contributed by atoms with van der Waals surface area (Å²) >= 11 is 5.96. The number of aliphatic imine (C=N–C) groups is 1. The first-order valence-corrected chi connectivity index (χ1v) is 8.20. The van der Waals surface area contributed by atoms with Gasteiger partial charge in [0, 0.05) is 30.7 Å². The standard InChI is InChI=1S/C18H20ClF2N3O2.HI/c1-22-18(23-10-12-4-3-5-14(19)8-12)24-11-13-9-15(25-2)6-7-16(13)26-17(20)21;/h3-9,17H,10-11H2,1-2H3,(H2,22,23,24);1H. The smallest absolute Gasteiger partial charge is 0.387 e. The first kappa shape index (κ1) is 23.2. The van der Waals surface area contributed by atoms with Gasteiger partial charge in [-0.25, -0.2) is 0 Å². The molecule has 0 aliphatic carbocycles. The van der Waals surface area contributed by atoms with Crippen molar-refractivity contribution in [3.05, 3.63) is 58.6 Å². The van der Waals surface area contributed by atoms with Gasteiger partial charge in [0.15, 0.2) is 5.96 Å². The van der Waals surface area contributed by atoms with Crippen LogP contribution in [0.1, 0.15) is 11.1 Å². The zero-order chi connectivity index (χ0) is 18.9. The molecule has 0 unspecified atom stereocenters. The number of alkyl halides is 2. The Morgan fingerprint density at radius 3 is 2.52 bits per heavy atom. The summed E-state index contributed by atoms with van der Waals surface area (Å²) < 4.78 is 34.8. The molecule has 9 heteroatoms. The van der Waals surface area contributed by atoms with E-state index in [0.29, 0.717) is 28.8 Å². The third kappa shape index (κ3) is 7.76. The van der Waals surface area contributed by atoms with Gasteiger partial charge in [0.2, 0.25) is 0 Å². The molecule has 0 spiro atoms. The van der Waals surface area contributed by atoms with Crippen LogP contribution in [0.2, 0.25) is 5.02 Å². The van der Waals surface area contributed by atoms with E-state index in [2.05, 4.69) is 20.4 Å². The minimum atomic E-state index is -2.90. The molecule has 0 heterocycles. The molecule has 0 saturated carbocycles. The number of methoxy groups -OCH3 is 1. The minimum Gasteiger partial charge on any atom is -0.497 e. The molecule has 2 aromatic rings. The summed E-state index contributed by atoms with van der Waals surface area (Å²) in [6.45, 7) is -2.16. The molecule has 5 nitrogen and oxygen atoms in total. The lowest BCUT2D eigenvalue weighted by molar-refractivity contribution is -0.0504. The van der Waals surface area contributed by atoms with Crippen LogP contribution in [0.4, 0.5) is 8.78 Å². The van der Waals surface area contributed by atoms with Crippen LogP contribution in [0, 0.1) is 0 Å². The van der Waals surface area contributed by atoms with Crippen molar-refractivity contribution in [2.45, 2.75) is 19.7 Å². The second-order valence-electron chi connectivity index (χ2n) is 5.26. The SMILES string of the molecule is CN=C(NCc1cccc(Cl)c1)NCc1cc(OC)ccc1OC(F)F.I. The van der Waals surface area contributed by atoms with Crippen molar-refractivity contribution >= 4 is 41.5 Å². The Bertz CT molecular complexity index is 763. The maximum Gasteiger partial charge on any atom is 0.387 e. The summed E-state index contributed by atoms with van der Waals surface area (Å²) in [5.41, 5.74) is 1.51. The number of benzene rings is 2. The lowest BCUT2D eigenvalue weighted by Crippen LogP contribution is -2.36. The highest BCUT2D eigenvalue weighted by atomic mass is 127. The first-order chi connectivity index (χ1) is 12.5. The van der Waals surface area contributed by atoms with Gasteiger partial charge in [-0.05, 0) is 35.9 Å². The molecule has 2 aromatic carbocycles. The second-order valence-corrected chi connectivity index (χ2v) is 5.70. The van der Waals surface area contributed by atoms with E-state index in [1.54, 1.807) is 25.2 Å². The molecule has 27 heavy (non-hydrogen) atoms. The van der Waals surface area contributed by atoms with Crippen molar-refractivity contribution in [3.63, 3.8) is 0 Å². The van der Waals surface area contributed by atoms with Crippen LogP contribution >= 0.6 is 35.6 Å². The van der Waals surface area contributed by atoms with Gasteiger partial charge < -0.3 is 20.1 Å².